The molecule has 15 heavy (non-hydrogen) atoms. The van der Waals surface area contributed by atoms with E-state index in [4.69, 9.17) is 12.2 Å². The van der Waals surface area contributed by atoms with Crippen molar-refractivity contribution in [2.75, 3.05) is 0 Å². The van der Waals surface area contributed by atoms with E-state index in [0.29, 0.717) is 4.64 Å². The fraction of sp³-hybridized carbons (Fsp3) is 0.0909. The van der Waals surface area contributed by atoms with Gasteiger partial charge in [0, 0.05) is 0 Å². The summed E-state index contributed by atoms with van der Waals surface area (Å²) in [6.07, 6.45) is 0. The molecular formula is C11H9BrN2S. The quantitative estimate of drug-likeness (QED) is 0.804. The number of H-pyrrole nitrogens is 1. The Balaban J connectivity index is 2.68. The molecule has 0 atom stereocenters. The predicted molar refractivity (Wildman–Crippen MR) is 67.3 cm³/mol. The highest BCUT2D eigenvalue weighted by Gasteiger charge is 2.05. The lowest BCUT2D eigenvalue weighted by Crippen LogP contribution is -1.93. The lowest BCUT2D eigenvalue weighted by Gasteiger charge is -2.06. The monoisotopic (exact) mass is 280 g/mol. The van der Waals surface area contributed by atoms with Gasteiger partial charge in [-0.1, -0.05) is 42.5 Å². The number of aromatic nitrogens is 2. The molecule has 0 spiro atoms. The molecule has 1 heterocycles. The second kappa shape index (κ2) is 4.24. The number of nitrogens with one attached hydrogen (secondary N) is 1. The van der Waals surface area contributed by atoms with E-state index in [9.17, 15) is 0 Å². The van der Waals surface area contributed by atoms with E-state index in [2.05, 4.69) is 25.9 Å². The summed E-state index contributed by atoms with van der Waals surface area (Å²) in [4.78, 5) is 7.38. The van der Waals surface area contributed by atoms with Gasteiger partial charge in [0.05, 0.1) is 10.2 Å². The molecule has 0 aliphatic carbocycles. The molecule has 0 saturated heterocycles. The molecule has 0 unspecified atom stereocenters. The molecule has 2 nitrogen and oxygen atoms in total. The van der Waals surface area contributed by atoms with Crippen LogP contribution in [-0.2, 0) is 0 Å². The molecule has 76 valence electrons. The maximum Gasteiger partial charge on any atom is 0.144 e. The molecule has 0 amide bonds. The Hall–Kier alpha value is -1.00. The van der Waals surface area contributed by atoms with Crippen LogP contribution in [0.5, 0.6) is 0 Å². The van der Waals surface area contributed by atoms with Gasteiger partial charge < -0.3 is 4.98 Å². The summed E-state index contributed by atoms with van der Waals surface area (Å²) in [6, 6.07) is 10.0. The molecule has 0 aliphatic rings. The van der Waals surface area contributed by atoms with E-state index < -0.39 is 0 Å². The lowest BCUT2D eigenvalue weighted by atomic mass is 10.1. The molecule has 2 aromatic rings. The zero-order chi connectivity index (χ0) is 10.8. The van der Waals surface area contributed by atoms with Gasteiger partial charge in [0.1, 0.15) is 10.5 Å². The molecule has 4 heteroatoms. The van der Waals surface area contributed by atoms with Crippen LogP contribution in [0.15, 0.2) is 34.8 Å². The van der Waals surface area contributed by atoms with Crippen LogP contribution in [0.1, 0.15) is 5.82 Å². The molecular weight excluding hydrogens is 272 g/mol. The molecule has 1 aromatic carbocycles. The number of benzene rings is 1. The number of hydrogen-bond donors (Lipinski definition) is 1. The first-order valence-electron chi connectivity index (χ1n) is 4.50. The first-order valence-corrected chi connectivity index (χ1v) is 5.70. The van der Waals surface area contributed by atoms with Crippen molar-refractivity contribution in [2.45, 2.75) is 6.92 Å². The van der Waals surface area contributed by atoms with Gasteiger partial charge >= 0.3 is 0 Å². The zero-order valence-corrected chi connectivity index (χ0v) is 10.5. The van der Waals surface area contributed by atoms with Crippen molar-refractivity contribution in [3.63, 3.8) is 0 Å². The minimum Gasteiger partial charge on any atom is -0.342 e. The van der Waals surface area contributed by atoms with Crippen molar-refractivity contribution in [3.8, 4) is 11.3 Å². The lowest BCUT2D eigenvalue weighted by molar-refractivity contribution is 1.04. The molecule has 0 aliphatic heterocycles. The predicted octanol–water partition coefficient (Wildman–Crippen LogP) is 3.88. The van der Waals surface area contributed by atoms with Gasteiger partial charge in [0.25, 0.3) is 0 Å². The average Bonchev–Trinajstić information content (AvgIpc) is 2.24. The Kier molecular flexibility index (Phi) is 2.98. The number of rotatable bonds is 1. The van der Waals surface area contributed by atoms with E-state index in [1.54, 1.807) is 0 Å². The van der Waals surface area contributed by atoms with Gasteiger partial charge in [-0.3, -0.25) is 0 Å². The van der Waals surface area contributed by atoms with Crippen molar-refractivity contribution in [1.29, 1.82) is 0 Å². The summed E-state index contributed by atoms with van der Waals surface area (Å²) in [5.41, 5.74) is 2.08. The highest BCUT2D eigenvalue weighted by molar-refractivity contribution is 9.10. The second-order valence-corrected chi connectivity index (χ2v) is 4.36. The van der Waals surface area contributed by atoms with Gasteiger partial charge in [0.2, 0.25) is 0 Å². The topological polar surface area (TPSA) is 28.7 Å². The SMILES string of the molecule is Cc1nc(=S)c(Br)c(-c2ccccc2)[nH]1. The molecule has 2 rings (SSSR count). The first kappa shape index (κ1) is 10.5. The van der Waals surface area contributed by atoms with E-state index in [0.717, 1.165) is 21.6 Å². The Morgan fingerprint density at radius 1 is 1.27 bits per heavy atom. The summed E-state index contributed by atoms with van der Waals surface area (Å²) in [5, 5.41) is 0. The van der Waals surface area contributed by atoms with Gasteiger partial charge in [-0.05, 0) is 28.4 Å². The van der Waals surface area contributed by atoms with Crippen LogP contribution < -0.4 is 0 Å². The first-order chi connectivity index (χ1) is 7.18. The summed E-state index contributed by atoms with van der Waals surface area (Å²) < 4.78 is 1.43. The number of aryl methyl sites for hydroxylation is 1. The minimum absolute atomic E-state index is 0.588. The molecule has 1 aromatic heterocycles. The smallest absolute Gasteiger partial charge is 0.144 e. The summed E-state index contributed by atoms with van der Waals surface area (Å²) >= 11 is 8.60. The van der Waals surface area contributed by atoms with Crippen LogP contribution in [0.25, 0.3) is 11.3 Å². The Morgan fingerprint density at radius 3 is 2.60 bits per heavy atom. The van der Waals surface area contributed by atoms with Crippen LogP contribution in [0.2, 0.25) is 0 Å². The largest absolute Gasteiger partial charge is 0.342 e. The highest BCUT2D eigenvalue weighted by atomic mass is 79.9. The highest BCUT2D eigenvalue weighted by Crippen LogP contribution is 2.26. The third kappa shape index (κ3) is 2.16. The van der Waals surface area contributed by atoms with Crippen molar-refractivity contribution >= 4 is 28.1 Å². The van der Waals surface area contributed by atoms with E-state index in [1.165, 1.54) is 0 Å². The fourth-order valence-corrected chi connectivity index (χ4v) is 2.03. The fourth-order valence-electron chi connectivity index (χ4n) is 1.38. The Morgan fingerprint density at radius 2 is 1.93 bits per heavy atom. The third-order valence-corrected chi connectivity index (χ3v) is 3.37. The van der Waals surface area contributed by atoms with Crippen molar-refractivity contribution in [1.82, 2.24) is 9.97 Å². The van der Waals surface area contributed by atoms with Crippen LogP contribution in [0.4, 0.5) is 0 Å². The Labute approximate surface area is 102 Å². The van der Waals surface area contributed by atoms with Crippen LogP contribution in [-0.4, -0.2) is 9.97 Å². The second-order valence-electron chi connectivity index (χ2n) is 3.18. The van der Waals surface area contributed by atoms with E-state index in [-0.39, 0.29) is 0 Å². The minimum atomic E-state index is 0.588. The molecule has 0 bridgehead atoms. The van der Waals surface area contributed by atoms with Gasteiger partial charge in [-0.15, -0.1) is 0 Å². The summed E-state index contributed by atoms with van der Waals surface area (Å²) in [5.74, 6) is 0.821. The maximum absolute atomic E-state index is 5.15. The summed E-state index contributed by atoms with van der Waals surface area (Å²) in [6.45, 7) is 1.90. The summed E-state index contributed by atoms with van der Waals surface area (Å²) in [7, 11) is 0. The molecule has 0 radical (unpaired) electrons. The Bertz CT molecular complexity index is 534. The van der Waals surface area contributed by atoms with E-state index in [1.807, 2.05) is 37.3 Å². The van der Waals surface area contributed by atoms with Gasteiger partial charge in [-0.25, -0.2) is 4.98 Å². The molecule has 0 saturated carbocycles. The number of halogens is 1. The van der Waals surface area contributed by atoms with E-state index >= 15 is 0 Å². The molecule has 0 fully saturated rings. The van der Waals surface area contributed by atoms with Gasteiger partial charge in [0.15, 0.2) is 0 Å². The van der Waals surface area contributed by atoms with Crippen molar-refractivity contribution in [2.24, 2.45) is 0 Å². The van der Waals surface area contributed by atoms with Crippen molar-refractivity contribution in [3.05, 3.63) is 45.3 Å². The normalized spacial score (nSPS) is 10.3. The van der Waals surface area contributed by atoms with Gasteiger partial charge in [-0.2, -0.15) is 0 Å². The number of nitrogens with zero attached hydrogens (tertiary/aromatic N) is 1. The standard InChI is InChI=1S/C11H9BrN2S/c1-7-13-10(9(12)11(15)14-7)8-5-3-2-4-6-8/h2-6H,1H3,(H,13,14,15). The van der Waals surface area contributed by atoms with Crippen LogP contribution >= 0.6 is 28.1 Å². The average molecular weight is 281 g/mol. The zero-order valence-electron chi connectivity index (χ0n) is 8.12. The third-order valence-electron chi connectivity index (χ3n) is 2.04. The molecule has 1 N–H and O–H groups in total. The number of aromatic amines is 1. The van der Waals surface area contributed by atoms with Crippen LogP contribution in [0.3, 0.4) is 0 Å². The van der Waals surface area contributed by atoms with Crippen molar-refractivity contribution < 1.29 is 0 Å². The maximum atomic E-state index is 5.15. The van der Waals surface area contributed by atoms with Crippen LogP contribution in [0, 0.1) is 11.6 Å². The number of hydrogen-bond acceptors (Lipinski definition) is 2.